The maximum absolute atomic E-state index is 13.7. The van der Waals surface area contributed by atoms with E-state index in [1.54, 1.807) is 15.9 Å². The Morgan fingerprint density at radius 3 is 2.78 bits per heavy atom. The van der Waals surface area contributed by atoms with Crippen LogP contribution in [0.25, 0.3) is 15.9 Å². The molecule has 2 aromatic heterocycles. The number of rotatable bonds is 6. The first-order valence-electron chi connectivity index (χ1n) is 10.6. The predicted octanol–water partition coefficient (Wildman–Crippen LogP) is 2.98. The molecule has 10 heteroatoms. The number of carbonyl (C=O) groups is 2. The van der Waals surface area contributed by atoms with Crippen LogP contribution >= 0.6 is 23.1 Å². The summed E-state index contributed by atoms with van der Waals surface area (Å²) in [6, 6.07) is 6.92. The van der Waals surface area contributed by atoms with E-state index in [1.807, 2.05) is 31.2 Å². The molecule has 0 unspecified atom stereocenters. The summed E-state index contributed by atoms with van der Waals surface area (Å²) in [5.74, 6) is 0.443. The van der Waals surface area contributed by atoms with Gasteiger partial charge in [0.2, 0.25) is 5.91 Å². The molecule has 2 aliphatic rings. The van der Waals surface area contributed by atoms with E-state index in [0.29, 0.717) is 35.9 Å². The molecule has 0 spiro atoms. The molecule has 0 bridgehead atoms. The van der Waals surface area contributed by atoms with Gasteiger partial charge in [0, 0.05) is 18.0 Å². The van der Waals surface area contributed by atoms with Crippen LogP contribution in [0.3, 0.4) is 0 Å². The molecular formula is C22H22N4O4S2. The number of thioether (sulfide) groups is 1. The van der Waals surface area contributed by atoms with Crippen LogP contribution in [0.1, 0.15) is 23.8 Å². The number of urea groups is 1. The van der Waals surface area contributed by atoms with E-state index in [2.05, 4.69) is 5.32 Å². The van der Waals surface area contributed by atoms with Gasteiger partial charge in [-0.25, -0.2) is 9.78 Å². The van der Waals surface area contributed by atoms with Crippen LogP contribution < -0.4 is 15.6 Å². The number of nitrogens with zero attached hydrogens (tertiary/aromatic N) is 3. The Morgan fingerprint density at radius 1 is 1.25 bits per heavy atom. The van der Waals surface area contributed by atoms with Crippen molar-refractivity contribution in [1.82, 2.24) is 19.8 Å². The number of hydrogen-bond acceptors (Lipinski definition) is 7. The molecule has 1 aromatic carbocycles. The lowest BCUT2D eigenvalue weighted by Crippen LogP contribution is -2.35. The predicted molar refractivity (Wildman–Crippen MR) is 124 cm³/mol. The Hall–Kier alpha value is -2.85. The fraction of sp³-hybridized carbons (Fsp3) is 0.364. The molecule has 1 saturated heterocycles. The Morgan fingerprint density at radius 2 is 2.06 bits per heavy atom. The molecule has 5 rings (SSSR count). The molecule has 3 aromatic rings. The maximum atomic E-state index is 13.7. The normalized spacial score (nSPS) is 15.3. The Kier molecular flexibility index (Phi) is 5.64. The third-order valence-electron chi connectivity index (χ3n) is 5.60. The quantitative estimate of drug-likeness (QED) is 0.440. The van der Waals surface area contributed by atoms with Gasteiger partial charge in [-0.2, -0.15) is 0 Å². The molecule has 3 amide bonds. The zero-order valence-corrected chi connectivity index (χ0v) is 19.2. The average Bonchev–Trinajstić information content (AvgIpc) is 3.49. The van der Waals surface area contributed by atoms with Gasteiger partial charge >= 0.3 is 6.03 Å². The van der Waals surface area contributed by atoms with Gasteiger partial charge in [0.05, 0.1) is 23.4 Å². The molecule has 0 saturated carbocycles. The van der Waals surface area contributed by atoms with Crippen molar-refractivity contribution in [2.45, 2.75) is 31.3 Å². The standard InChI is InChI=1S/C22H22N4O4S2/c1-2-30-14-8-6-13(7-9-14)26-20(28)18-15-4-3-5-16(15)32-19(18)24-22(26)31-12-17(27)25-11-10-23-21(25)29/h6-9H,2-5,10-12H2,1H3,(H,23,29). The number of benzene rings is 1. The molecule has 1 aliphatic heterocycles. The molecule has 1 N–H and O–H groups in total. The van der Waals surface area contributed by atoms with Crippen molar-refractivity contribution in [1.29, 1.82) is 0 Å². The Bertz CT molecular complexity index is 1270. The van der Waals surface area contributed by atoms with Crippen LogP contribution in [-0.4, -0.2) is 51.8 Å². The third kappa shape index (κ3) is 3.67. The number of nitrogens with one attached hydrogen (secondary N) is 1. The monoisotopic (exact) mass is 470 g/mol. The number of aromatic nitrogens is 2. The summed E-state index contributed by atoms with van der Waals surface area (Å²) in [5, 5.41) is 3.76. The topological polar surface area (TPSA) is 93.5 Å². The SMILES string of the molecule is CCOc1ccc(-n2c(SCC(=O)N3CCNC3=O)nc3sc4c(c3c2=O)CCC4)cc1. The van der Waals surface area contributed by atoms with Crippen molar-refractivity contribution in [2.75, 3.05) is 25.4 Å². The first-order valence-corrected chi connectivity index (χ1v) is 12.4. The summed E-state index contributed by atoms with van der Waals surface area (Å²) in [7, 11) is 0. The van der Waals surface area contributed by atoms with E-state index >= 15 is 0 Å². The number of amides is 3. The molecule has 1 aliphatic carbocycles. The van der Waals surface area contributed by atoms with Crippen molar-refractivity contribution < 1.29 is 14.3 Å². The van der Waals surface area contributed by atoms with Crippen molar-refractivity contribution in [3.05, 3.63) is 45.1 Å². The first kappa shape index (κ1) is 21.0. The van der Waals surface area contributed by atoms with Crippen LogP contribution in [-0.2, 0) is 17.6 Å². The number of imide groups is 1. The van der Waals surface area contributed by atoms with E-state index in [4.69, 9.17) is 9.72 Å². The number of ether oxygens (including phenoxy) is 1. The molecule has 8 nitrogen and oxygen atoms in total. The minimum absolute atomic E-state index is 0.0213. The van der Waals surface area contributed by atoms with Gasteiger partial charge in [-0.3, -0.25) is 19.1 Å². The second-order valence-electron chi connectivity index (χ2n) is 7.57. The van der Waals surface area contributed by atoms with E-state index < -0.39 is 0 Å². The first-order chi connectivity index (χ1) is 15.6. The Labute approximate surface area is 192 Å². The number of hydrogen-bond donors (Lipinski definition) is 1. The van der Waals surface area contributed by atoms with Crippen LogP contribution in [0, 0.1) is 0 Å². The van der Waals surface area contributed by atoms with Crippen molar-refractivity contribution >= 4 is 45.3 Å². The highest BCUT2D eigenvalue weighted by Crippen LogP contribution is 2.36. The minimum atomic E-state index is -0.377. The summed E-state index contributed by atoms with van der Waals surface area (Å²) in [6.07, 6.45) is 2.93. The summed E-state index contributed by atoms with van der Waals surface area (Å²) in [6.45, 7) is 3.28. The van der Waals surface area contributed by atoms with Crippen LogP contribution in [0.2, 0.25) is 0 Å². The van der Waals surface area contributed by atoms with Crippen molar-refractivity contribution in [2.24, 2.45) is 0 Å². The molecular weight excluding hydrogens is 448 g/mol. The van der Waals surface area contributed by atoms with E-state index in [1.165, 1.54) is 21.5 Å². The van der Waals surface area contributed by atoms with Crippen molar-refractivity contribution in [3.63, 3.8) is 0 Å². The van der Waals surface area contributed by atoms with E-state index in [9.17, 15) is 14.4 Å². The second-order valence-corrected chi connectivity index (χ2v) is 9.59. The lowest BCUT2D eigenvalue weighted by Gasteiger charge is -2.15. The van der Waals surface area contributed by atoms with Gasteiger partial charge in [0.25, 0.3) is 5.56 Å². The number of fused-ring (bicyclic) bond motifs is 3. The summed E-state index contributed by atoms with van der Waals surface area (Å²) in [4.78, 5) is 46.0. The zero-order chi connectivity index (χ0) is 22.2. The molecule has 0 radical (unpaired) electrons. The highest BCUT2D eigenvalue weighted by Gasteiger charge is 2.28. The van der Waals surface area contributed by atoms with Gasteiger partial charge in [-0.1, -0.05) is 11.8 Å². The largest absolute Gasteiger partial charge is 0.494 e. The lowest BCUT2D eigenvalue weighted by atomic mass is 10.2. The fourth-order valence-corrected chi connectivity index (χ4v) is 6.31. The molecule has 166 valence electrons. The van der Waals surface area contributed by atoms with Gasteiger partial charge in [-0.05, 0) is 56.0 Å². The summed E-state index contributed by atoms with van der Waals surface area (Å²) < 4.78 is 7.10. The molecule has 1 fully saturated rings. The van der Waals surface area contributed by atoms with Crippen LogP contribution in [0.5, 0.6) is 5.75 Å². The number of carbonyl (C=O) groups excluding carboxylic acids is 2. The highest BCUT2D eigenvalue weighted by atomic mass is 32.2. The smallest absolute Gasteiger partial charge is 0.324 e. The van der Waals surface area contributed by atoms with E-state index in [-0.39, 0.29) is 23.3 Å². The summed E-state index contributed by atoms with van der Waals surface area (Å²) >= 11 is 2.75. The third-order valence-corrected chi connectivity index (χ3v) is 7.71. The molecule has 32 heavy (non-hydrogen) atoms. The molecule has 3 heterocycles. The fourth-order valence-electron chi connectivity index (χ4n) is 4.12. The lowest BCUT2D eigenvalue weighted by molar-refractivity contribution is -0.124. The average molecular weight is 471 g/mol. The zero-order valence-electron chi connectivity index (χ0n) is 17.6. The van der Waals surface area contributed by atoms with Gasteiger partial charge in [0.1, 0.15) is 10.6 Å². The molecule has 0 atom stereocenters. The number of thiophene rings is 1. The summed E-state index contributed by atoms with van der Waals surface area (Å²) in [5.41, 5.74) is 1.66. The highest BCUT2D eigenvalue weighted by molar-refractivity contribution is 7.99. The van der Waals surface area contributed by atoms with Gasteiger partial charge < -0.3 is 10.1 Å². The van der Waals surface area contributed by atoms with Crippen LogP contribution in [0.4, 0.5) is 4.79 Å². The van der Waals surface area contributed by atoms with Gasteiger partial charge in [-0.15, -0.1) is 11.3 Å². The van der Waals surface area contributed by atoms with Gasteiger partial charge in [0.15, 0.2) is 5.16 Å². The van der Waals surface area contributed by atoms with Crippen LogP contribution in [0.15, 0.2) is 34.2 Å². The number of aryl methyl sites for hydroxylation is 2. The maximum Gasteiger partial charge on any atom is 0.324 e. The second kappa shape index (κ2) is 8.59. The van der Waals surface area contributed by atoms with Crippen molar-refractivity contribution in [3.8, 4) is 11.4 Å². The Balaban J connectivity index is 1.56. The van der Waals surface area contributed by atoms with E-state index in [0.717, 1.165) is 35.4 Å². The minimum Gasteiger partial charge on any atom is -0.494 e.